The number of hydrogen-bond acceptors (Lipinski definition) is 3. The molecule has 0 N–H and O–H groups in total. The summed E-state index contributed by atoms with van der Waals surface area (Å²) < 4.78 is 11.9. The molecule has 0 aromatic rings. The monoisotopic (exact) mass is 278 g/mol. The van der Waals surface area contributed by atoms with Crippen LogP contribution in [0.1, 0.15) is 65.2 Å². The fourth-order valence-electron chi connectivity index (χ4n) is 4.63. The molecular weight excluding hydrogens is 252 g/mol. The number of esters is 1. The van der Waals surface area contributed by atoms with E-state index in [0.717, 1.165) is 38.5 Å². The number of carbonyl (C=O) groups is 1. The highest BCUT2D eigenvalue weighted by Crippen LogP contribution is 2.57. The molecule has 20 heavy (non-hydrogen) atoms. The highest BCUT2D eigenvalue weighted by Gasteiger charge is 2.61. The Hall–Kier alpha value is -0.990. The smallest absolute Gasteiger partial charge is 0.320 e. The summed E-state index contributed by atoms with van der Waals surface area (Å²) in [6, 6.07) is 0. The van der Waals surface area contributed by atoms with E-state index < -0.39 is 5.41 Å². The van der Waals surface area contributed by atoms with E-state index in [2.05, 4.69) is 20.4 Å². The summed E-state index contributed by atoms with van der Waals surface area (Å²) in [5, 5.41) is 0. The molecule has 2 aliphatic carbocycles. The Morgan fingerprint density at radius 2 is 2.05 bits per heavy atom. The molecule has 3 heteroatoms. The van der Waals surface area contributed by atoms with Crippen LogP contribution < -0.4 is 0 Å². The zero-order chi connectivity index (χ0) is 14.4. The Bertz CT molecular complexity index is 422. The quantitative estimate of drug-likeness (QED) is 0.733. The van der Waals surface area contributed by atoms with Crippen molar-refractivity contribution in [3.63, 3.8) is 0 Å². The van der Waals surface area contributed by atoms with E-state index in [1.807, 2.05) is 0 Å². The van der Waals surface area contributed by atoms with E-state index in [4.69, 9.17) is 9.47 Å². The molecule has 1 saturated heterocycles. The van der Waals surface area contributed by atoms with Gasteiger partial charge in [-0.25, -0.2) is 0 Å². The third-order valence-electron chi connectivity index (χ3n) is 5.94. The minimum atomic E-state index is -0.551. The van der Waals surface area contributed by atoms with Gasteiger partial charge in [0.05, 0.1) is 6.10 Å². The highest BCUT2D eigenvalue weighted by molar-refractivity contribution is 5.82. The molecule has 0 bridgehead atoms. The van der Waals surface area contributed by atoms with Gasteiger partial charge in [0.2, 0.25) is 0 Å². The maximum absolute atomic E-state index is 13.0. The summed E-state index contributed by atoms with van der Waals surface area (Å²) in [7, 11) is 0. The van der Waals surface area contributed by atoms with Crippen molar-refractivity contribution in [1.29, 1.82) is 0 Å². The van der Waals surface area contributed by atoms with E-state index in [1.165, 1.54) is 12.8 Å². The van der Waals surface area contributed by atoms with Crippen LogP contribution in [0, 0.1) is 11.3 Å². The molecule has 3 nitrogen and oxygen atoms in total. The average molecular weight is 278 g/mol. The number of hydrogen-bond donors (Lipinski definition) is 0. The Kier molecular flexibility index (Phi) is 3.34. The summed E-state index contributed by atoms with van der Waals surface area (Å²) >= 11 is 0. The van der Waals surface area contributed by atoms with Gasteiger partial charge in [0.15, 0.2) is 0 Å². The Morgan fingerprint density at radius 3 is 2.70 bits per heavy atom. The third-order valence-corrected chi connectivity index (χ3v) is 5.94. The molecule has 3 rings (SSSR count). The molecule has 0 spiro atoms. The van der Waals surface area contributed by atoms with Gasteiger partial charge in [-0.3, -0.25) is 4.79 Å². The van der Waals surface area contributed by atoms with Crippen molar-refractivity contribution in [2.45, 2.75) is 76.9 Å². The lowest BCUT2D eigenvalue weighted by atomic mass is 9.76. The van der Waals surface area contributed by atoms with Crippen LogP contribution in [0.2, 0.25) is 0 Å². The van der Waals surface area contributed by atoms with E-state index in [1.54, 1.807) is 0 Å². The minimum Gasteiger partial charge on any atom is -0.494 e. The molecule has 0 aromatic carbocycles. The summed E-state index contributed by atoms with van der Waals surface area (Å²) in [5.74, 6) is 0.859. The molecule has 1 aliphatic heterocycles. The van der Waals surface area contributed by atoms with Crippen molar-refractivity contribution >= 4 is 5.97 Å². The minimum absolute atomic E-state index is 0.0573. The van der Waals surface area contributed by atoms with Gasteiger partial charge in [-0.1, -0.05) is 19.9 Å². The normalized spacial score (nSPS) is 38.6. The fraction of sp³-hybridized carbons (Fsp3) is 0.824. The standard InChI is InChI=1S/C17H26O3/c1-4-16(9-5-6-10-16)20-15(18)17-11-7-8-14(17)12(2)19-13(17)3/h12,14H,3-11H2,1-2H3. The maximum Gasteiger partial charge on any atom is 0.320 e. The first-order valence-electron chi connectivity index (χ1n) is 8.13. The van der Waals surface area contributed by atoms with Crippen LogP contribution in [0.25, 0.3) is 0 Å². The molecule has 0 aromatic heterocycles. The Morgan fingerprint density at radius 1 is 1.35 bits per heavy atom. The predicted octanol–water partition coefficient (Wildman–Crippen LogP) is 3.97. The predicted molar refractivity (Wildman–Crippen MR) is 77.0 cm³/mol. The van der Waals surface area contributed by atoms with Gasteiger partial charge in [-0.05, 0) is 51.9 Å². The number of carbonyl (C=O) groups excluding carboxylic acids is 1. The van der Waals surface area contributed by atoms with Gasteiger partial charge in [-0.2, -0.15) is 0 Å². The fourth-order valence-corrected chi connectivity index (χ4v) is 4.63. The van der Waals surface area contributed by atoms with Crippen LogP contribution in [0.4, 0.5) is 0 Å². The van der Waals surface area contributed by atoms with Crippen LogP contribution >= 0.6 is 0 Å². The first kappa shape index (κ1) is 14.0. The van der Waals surface area contributed by atoms with Gasteiger partial charge in [0.1, 0.15) is 16.8 Å². The van der Waals surface area contributed by atoms with Crippen molar-refractivity contribution < 1.29 is 14.3 Å². The highest BCUT2D eigenvalue weighted by atomic mass is 16.6. The SMILES string of the molecule is C=C1OC(C)C2CCCC12C(=O)OC1(CC)CCCC1. The second kappa shape index (κ2) is 4.78. The van der Waals surface area contributed by atoms with Crippen LogP contribution in [0.3, 0.4) is 0 Å². The van der Waals surface area contributed by atoms with Gasteiger partial charge in [0.25, 0.3) is 0 Å². The zero-order valence-corrected chi connectivity index (χ0v) is 12.7. The Balaban J connectivity index is 1.84. The van der Waals surface area contributed by atoms with Crippen LogP contribution in [0.5, 0.6) is 0 Å². The molecule has 3 fully saturated rings. The largest absolute Gasteiger partial charge is 0.494 e. The van der Waals surface area contributed by atoms with E-state index in [-0.39, 0.29) is 23.6 Å². The Labute approximate surface area is 121 Å². The van der Waals surface area contributed by atoms with Gasteiger partial charge in [-0.15, -0.1) is 0 Å². The lowest BCUT2D eigenvalue weighted by molar-refractivity contribution is -0.171. The summed E-state index contributed by atoms with van der Waals surface area (Å²) in [4.78, 5) is 13.0. The average Bonchev–Trinajstić information content (AvgIpc) is 3.09. The lowest BCUT2D eigenvalue weighted by Crippen LogP contribution is -2.42. The molecule has 2 saturated carbocycles. The summed E-state index contributed by atoms with van der Waals surface area (Å²) in [6.07, 6.45) is 8.36. The van der Waals surface area contributed by atoms with E-state index >= 15 is 0 Å². The molecule has 0 amide bonds. The third kappa shape index (κ3) is 1.82. The van der Waals surface area contributed by atoms with E-state index in [9.17, 15) is 4.79 Å². The van der Waals surface area contributed by atoms with Gasteiger partial charge in [0, 0.05) is 5.92 Å². The molecule has 3 atom stereocenters. The molecular formula is C17H26O3. The second-order valence-corrected chi connectivity index (χ2v) is 6.85. The van der Waals surface area contributed by atoms with Crippen LogP contribution in [0.15, 0.2) is 12.3 Å². The maximum atomic E-state index is 13.0. The van der Waals surface area contributed by atoms with Crippen LogP contribution in [-0.4, -0.2) is 17.7 Å². The van der Waals surface area contributed by atoms with Crippen molar-refractivity contribution in [3.8, 4) is 0 Å². The molecule has 112 valence electrons. The molecule has 1 heterocycles. The number of fused-ring (bicyclic) bond motifs is 1. The summed E-state index contributed by atoms with van der Waals surface area (Å²) in [6.45, 7) is 8.23. The lowest BCUT2D eigenvalue weighted by Gasteiger charge is -2.34. The van der Waals surface area contributed by atoms with Crippen molar-refractivity contribution in [3.05, 3.63) is 12.3 Å². The molecule has 0 radical (unpaired) electrons. The zero-order valence-electron chi connectivity index (χ0n) is 12.7. The van der Waals surface area contributed by atoms with Gasteiger partial charge >= 0.3 is 5.97 Å². The van der Waals surface area contributed by atoms with Crippen molar-refractivity contribution in [1.82, 2.24) is 0 Å². The topological polar surface area (TPSA) is 35.5 Å². The number of ether oxygens (including phenoxy) is 2. The second-order valence-electron chi connectivity index (χ2n) is 6.85. The van der Waals surface area contributed by atoms with Crippen molar-refractivity contribution in [2.75, 3.05) is 0 Å². The molecule has 3 unspecified atom stereocenters. The van der Waals surface area contributed by atoms with Crippen molar-refractivity contribution in [2.24, 2.45) is 11.3 Å². The van der Waals surface area contributed by atoms with Crippen LogP contribution in [-0.2, 0) is 14.3 Å². The van der Waals surface area contributed by atoms with Gasteiger partial charge < -0.3 is 9.47 Å². The molecule has 3 aliphatic rings. The van der Waals surface area contributed by atoms with E-state index in [0.29, 0.717) is 5.76 Å². The summed E-state index contributed by atoms with van der Waals surface area (Å²) in [5.41, 5.74) is -0.769. The first-order chi connectivity index (χ1) is 9.54. The number of rotatable bonds is 3. The first-order valence-corrected chi connectivity index (χ1v) is 8.13.